The van der Waals surface area contributed by atoms with Crippen LogP contribution in [0.3, 0.4) is 0 Å². The van der Waals surface area contributed by atoms with Gasteiger partial charge in [0.2, 0.25) is 11.8 Å². The van der Waals surface area contributed by atoms with Crippen LogP contribution in [0.2, 0.25) is 0 Å². The summed E-state index contributed by atoms with van der Waals surface area (Å²) in [6.07, 6.45) is 3.05. The van der Waals surface area contributed by atoms with Crippen molar-refractivity contribution in [2.45, 2.75) is 6.92 Å². The van der Waals surface area contributed by atoms with Gasteiger partial charge in [-0.3, -0.25) is 9.59 Å². The van der Waals surface area contributed by atoms with Crippen molar-refractivity contribution in [3.05, 3.63) is 71.3 Å². The van der Waals surface area contributed by atoms with Gasteiger partial charge in [0.15, 0.2) is 0 Å². The highest BCUT2D eigenvalue weighted by Gasteiger charge is 2.10. The Morgan fingerprint density at radius 2 is 1.76 bits per heavy atom. The van der Waals surface area contributed by atoms with Crippen molar-refractivity contribution in [3.63, 3.8) is 0 Å². The number of nitrogens with zero attached hydrogens (tertiary/aromatic N) is 2. The molecular formula is C20H19N3O2. The van der Waals surface area contributed by atoms with Gasteiger partial charge in [0.05, 0.1) is 18.2 Å². The molecule has 126 valence electrons. The Labute approximate surface area is 147 Å². The third kappa shape index (κ3) is 5.63. The molecule has 0 aliphatic carbocycles. The molecule has 2 amide bonds. The highest BCUT2D eigenvalue weighted by molar-refractivity contribution is 5.97. The normalized spacial score (nSPS) is 10.3. The zero-order valence-corrected chi connectivity index (χ0v) is 14.2. The lowest BCUT2D eigenvalue weighted by Gasteiger charge is -2.15. The first-order valence-corrected chi connectivity index (χ1v) is 7.78. The number of aryl methyl sites for hydroxylation is 1. The first-order valence-electron chi connectivity index (χ1n) is 7.78. The molecule has 5 heteroatoms. The highest BCUT2D eigenvalue weighted by atomic mass is 16.2. The molecule has 0 saturated carbocycles. The molecule has 0 saturated heterocycles. The summed E-state index contributed by atoms with van der Waals surface area (Å²) >= 11 is 0. The zero-order valence-electron chi connectivity index (χ0n) is 14.2. The molecule has 0 aliphatic heterocycles. The van der Waals surface area contributed by atoms with Gasteiger partial charge in [-0.05, 0) is 42.8 Å². The Morgan fingerprint density at radius 1 is 1.12 bits per heavy atom. The van der Waals surface area contributed by atoms with Crippen molar-refractivity contribution >= 4 is 23.6 Å². The van der Waals surface area contributed by atoms with Gasteiger partial charge in [0.25, 0.3) is 0 Å². The second-order valence-electron chi connectivity index (χ2n) is 5.68. The average Bonchev–Trinajstić information content (AvgIpc) is 2.62. The van der Waals surface area contributed by atoms with E-state index in [9.17, 15) is 9.59 Å². The highest BCUT2D eigenvalue weighted by Crippen LogP contribution is 2.09. The Morgan fingerprint density at radius 3 is 2.36 bits per heavy atom. The van der Waals surface area contributed by atoms with Gasteiger partial charge in [0, 0.05) is 18.8 Å². The van der Waals surface area contributed by atoms with E-state index in [4.69, 9.17) is 5.26 Å². The van der Waals surface area contributed by atoms with Crippen molar-refractivity contribution in [2.24, 2.45) is 0 Å². The molecule has 0 heterocycles. The van der Waals surface area contributed by atoms with E-state index >= 15 is 0 Å². The number of nitrogens with one attached hydrogen (secondary N) is 1. The number of rotatable bonds is 5. The van der Waals surface area contributed by atoms with Gasteiger partial charge in [-0.1, -0.05) is 29.8 Å². The van der Waals surface area contributed by atoms with Gasteiger partial charge in [0.1, 0.15) is 0 Å². The number of anilines is 1. The van der Waals surface area contributed by atoms with E-state index in [0.29, 0.717) is 11.3 Å². The zero-order chi connectivity index (χ0) is 18.2. The molecule has 5 nitrogen and oxygen atoms in total. The molecule has 0 aliphatic rings. The molecule has 2 rings (SSSR count). The molecule has 0 radical (unpaired) electrons. The van der Waals surface area contributed by atoms with Crippen LogP contribution >= 0.6 is 0 Å². The minimum absolute atomic E-state index is 0.0373. The molecule has 25 heavy (non-hydrogen) atoms. The second kappa shape index (κ2) is 8.46. The van der Waals surface area contributed by atoms with Gasteiger partial charge >= 0.3 is 0 Å². The van der Waals surface area contributed by atoms with E-state index in [1.807, 2.05) is 37.3 Å². The topological polar surface area (TPSA) is 73.2 Å². The van der Waals surface area contributed by atoms with E-state index in [1.54, 1.807) is 37.4 Å². The third-order valence-electron chi connectivity index (χ3n) is 3.55. The van der Waals surface area contributed by atoms with Gasteiger partial charge in [-0.2, -0.15) is 5.26 Å². The number of likely N-dealkylation sites (N-methyl/N-ethyl adjacent to an activating group) is 1. The molecular weight excluding hydrogens is 314 g/mol. The lowest BCUT2D eigenvalue weighted by molar-refractivity contribution is -0.129. The molecule has 0 atom stereocenters. The van der Waals surface area contributed by atoms with Crippen molar-refractivity contribution in [1.82, 2.24) is 4.90 Å². The van der Waals surface area contributed by atoms with Crippen LogP contribution in [0.1, 0.15) is 16.7 Å². The maximum absolute atomic E-state index is 12.1. The SMILES string of the molecule is Cc1ccc(NC(=O)CN(C)C(=O)/C=C/c2ccc(C#N)cc2)cc1. The number of carbonyl (C=O) groups excluding carboxylic acids is 2. The molecule has 0 aromatic heterocycles. The fraction of sp³-hybridized carbons (Fsp3) is 0.150. The molecule has 0 bridgehead atoms. The van der Waals surface area contributed by atoms with Crippen LogP contribution in [0.15, 0.2) is 54.6 Å². The van der Waals surface area contributed by atoms with Crippen molar-refractivity contribution in [3.8, 4) is 6.07 Å². The number of carbonyl (C=O) groups is 2. The first kappa shape index (κ1) is 18.0. The summed E-state index contributed by atoms with van der Waals surface area (Å²) in [6.45, 7) is 1.93. The van der Waals surface area contributed by atoms with Crippen molar-refractivity contribution in [2.75, 3.05) is 18.9 Å². The molecule has 1 N–H and O–H groups in total. The number of benzene rings is 2. The van der Waals surface area contributed by atoms with E-state index in [1.165, 1.54) is 11.0 Å². The largest absolute Gasteiger partial charge is 0.333 e. The van der Waals surface area contributed by atoms with Gasteiger partial charge in [-0.25, -0.2) is 0 Å². The van der Waals surface area contributed by atoms with Crippen LogP contribution in [0.4, 0.5) is 5.69 Å². The minimum atomic E-state index is -0.275. The summed E-state index contributed by atoms with van der Waals surface area (Å²) in [7, 11) is 1.57. The average molecular weight is 333 g/mol. The second-order valence-corrected chi connectivity index (χ2v) is 5.68. The minimum Gasteiger partial charge on any atom is -0.333 e. The van der Waals surface area contributed by atoms with Crippen LogP contribution in [0.5, 0.6) is 0 Å². The Kier molecular flexibility index (Phi) is 6.08. The summed E-state index contributed by atoms with van der Waals surface area (Å²) in [5.74, 6) is -0.533. The lowest BCUT2D eigenvalue weighted by Crippen LogP contribution is -2.33. The molecule has 2 aromatic carbocycles. The van der Waals surface area contributed by atoms with Crippen LogP contribution in [-0.4, -0.2) is 30.3 Å². The number of amides is 2. The number of nitriles is 1. The van der Waals surface area contributed by atoms with Gasteiger partial charge < -0.3 is 10.2 Å². The summed E-state index contributed by atoms with van der Waals surface area (Å²) in [6, 6.07) is 16.4. The molecule has 0 spiro atoms. The van der Waals surface area contributed by atoms with Crippen LogP contribution in [-0.2, 0) is 9.59 Å². The van der Waals surface area contributed by atoms with Crippen molar-refractivity contribution in [1.29, 1.82) is 5.26 Å². The van der Waals surface area contributed by atoms with Crippen LogP contribution in [0.25, 0.3) is 6.08 Å². The maximum atomic E-state index is 12.1. The molecule has 2 aromatic rings. The van der Waals surface area contributed by atoms with E-state index in [-0.39, 0.29) is 18.4 Å². The molecule has 0 unspecified atom stereocenters. The third-order valence-corrected chi connectivity index (χ3v) is 3.55. The van der Waals surface area contributed by atoms with Crippen LogP contribution < -0.4 is 5.32 Å². The number of hydrogen-bond acceptors (Lipinski definition) is 3. The van der Waals surface area contributed by atoms with Gasteiger partial charge in [-0.15, -0.1) is 0 Å². The maximum Gasteiger partial charge on any atom is 0.246 e. The van der Waals surface area contributed by atoms with Crippen LogP contribution in [0, 0.1) is 18.3 Å². The smallest absolute Gasteiger partial charge is 0.246 e. The Bertz CT molecular complexity index is 816. The summed E-state index contributed by atoms with van der Waals surface area (Å²) in [5.41, 5.74) is 3.18. The summed E-state index contributed by atoms with van der Waals surface area (Å²) in [4.78, 5) is 25.4. The predicted octanol–water partition coefficient (Wildman–Crippen LogP) is 2.98. The predicted molar refractivity (Wildman–Crippen MR) is 97.6 cm³/mol. The van der Waals surface area contributed by atoms with E-state index in [2.05, 4.69) is 5.32 Å². The van der Waals surface area contributed by atoms with E-state index < -0.39 is 0 Å². The van der Waals surface area contributed by atoms with E-state index in [0.717, 1.165) is 11.1 Å². The first-order chi connectivity index (χ1) is 12.0. The van der Waals surface area contributed by atoms with Crippen molar-refractivity contribution < 1.29 is 9.59 Å². The fourth-order valence-corrected chi connectivity index (χ4v) is 2.09. The number of hydrogen-bond donors (Lipinski definition) is 1. The standard InChI is InChI=1S/C20H19N3O2/c1-15-3-10-18(11-4-15)22-19(24)14-23(2)20(25)12-9-16-5-7-17(13-21)8-6-16/h3-12H,14H2,1-2H3,(H,22,24)/b12-9+. The summed E-state index contributed by atoms with van der Waals surface area (Å²) < 4.78 is 0. The lowest BCUT2D eigenvalue weighted by atomic mass is 10.1. The Hall–Kier alpha value is -3.39. The molecule has 0 fully saturated rings. The quantitative estimate of drug-likeness (QED) is 0.855. The Balaban J connectivity index is 1.88. The summed E-state index contributed by atoms with van der Waals surface area (Å²) in [5, 5.41) is 11.5. The fourth-order valence-electron chi connectivity index (χ4n) is 2.09. The monoisotopic (exact) mass is 333 g/mol.